The van der Waals surface area contributed by atoms with Gasteiger partial charge in [-0.2, -0.15) is 13.2 Å². The second-order valence-electron chi connectivity index (χ2n) is 6.74. The molecule has 0 aliphatic rings. The molecule has 0 bridgehead atoms. The molecule has 0 aliphatic heterocycles. The Morgan fingerprint density at radius 3 is 2.58 bits per heavy atom. The van der Waals surface area contributed by atoms with Crippen molar-refractivity contribution in [3.63, 3.8) is 0 Å². The zero-order valence-electron chi connectivity index (χ0n) is 16.3. The first-order valence-corrected chi connectivity index (χ1v) is 8.95. The fraction of sp³-hybridized carbons (Fsp3) is 0.150. The molecular formula is C20H16F3N5O3. The molecule has 0 aliphatic carbocycles. The van der Waals surface area contributed by atoms with Crippen LogP contribution in [-0.4, -0.2) is 37.1 Å². The van der Waals surface area contributed by atoms with Crippen LogP contribution in [-0.2, 0) is 6.18 Å². The topological polar surface area (TPSA) is 93.7 Å². The zero-order chi connectivity index (χ0) is 22.3. The molecule has 0 amide bonds. The number of hydrogen-bond acceptors (Lipinski definition) is 5. The Kier molecular flexibility index (Phi) is 4.80. The number of nitrogens with one attached hydrogen (secondary N) is 1. The summed E-state index contributed by atoms with van der Waals surface area (Å²) in [6, 6.07) is 5.88. The first kappa shape index (κ1) is 20.3. The number of pyridine rings is 1. The number of carbonyl (C=O) groups is 1. The van der Waals surface area contributed by atoms with Crippen LogP contribution in [0.4, 0.5) is 24.5 Å². The second kappa shape index (κ2) is 7.35. The van der Waals surface area contributed by atoms with Gasteiger partial charge in [0.15, 0.2) is 11.3 Å². The zero-order valence-corrected chi connectivity index (χ0v) is 16.3. The lowest BCUT2D eigenvalue weighted by molar-refractivity contribution is -0.137. The first-order valence-electron chi connectivity index (χ1n) is 8.95. The molecule has 0 unspecified atom stereocenters. The number of methoxy groups -OCH3 is 1. The molecule has 3 aromatic heterocycles. The van der Waals surface area contributed by atoms with Crippen LogP contribution in [0.3, 0.4) is 0 Å². The Morgan fingerprint density at radius 2 is 1.97 bits per heavy atom. The second-order valence-corrected chi connectivity index (χ2v) is 6.74. The van der Waals surface area contributed by atoms with E-state index in [2.05, 4.69) is 15.3 Å². The summed E-state index contributed by atoms with van der Waals surface area (Å²) in [6.45, 7) is 1.84. The third-order valence-corrected chi connectivity index (χ3v) is 4.55. The number of aromatic carboxylic acids is 1. The Balaban J connectivity index is 1.79. The summed E-state index contributed by atoms with van der Waals surface area (Å²) < 4.78 is 48.3. The molecule has 0 spiro atoms. The summed E-state index contributed by atoms with van der Waals surface area (Å²) in [4.78, 5) is 19.3. The quantitative estimate of drug-likeness (QED) is 0.490. The lowest BCUT2D eigenvalue weighted by Crippen LogP contribution is -2.08. The van der Waals surface area contributed by atoms with E-state index in [9.17, 15) is 18.0 Å². The number of nitrogens with zero attached hydrogens (tertiary/aromatic N) is 4. The molecule has 11 heteroatoms. The Labute approximate surface area is 173 Å². The van der Waals surface area contributed by atoms with Crippen molar-refractivity contribution in [1.29, 1.82) is 0 Å². The van der Waals surface area contributed by atoms with Gasteiger partial charge >= 0.3 is 12.1 Å². The number of halogens is 3. The molecule has 2 N–H and O–H groups in total. The molecular weight excluding hydrogens is 415 g/mol. The normalized spacial score (nSPS) is 11.6. The van der Waals surface area contributed by atoms with Gasteiger partial charge in [-0.05, 0) is 25.1 Å². The van der Waals surface area contributed by atoms with Crippen molar-refractivity contribution in [3.8, 4) is 11.4 Å². The van der Waals surface area contributed by atoms with Gasteiger partial charge in [0.2, 0.25) is 0 Å². The van der Waals surface area contributed by atoms with Gasteiger partial charge in [0.05, 0.1) is 36.1 Å². The van der Waals surface area contributed by atoms with E-state index in [0.717, 1.165) is 28.6 Å². The molecule has 0 saturated carbocycles. The summed E-state index contributed by atoms with van der Waals surface area (Å²) in [7, 11) is 1.47. The van der Waals surface area contributed by atoms with Crippen molar-refractivity contribution in [2.45, 2.75) is 13.1 Å². The monoisotopic (exact) mass is 431 g/mol. The molecule has 0 atom stereocenters. The van der Waals surface area contributed by atoms with Crippen LogP contribution >= 0.6 is 0 Å². The van der Waals surface area contributed by atoms with E-state index < -0.39 is 17.7 Å². The molecule has 3 heterocycles. The van der Waals surface area contributed by atoms with Crippen LogP contribution in [0, 0.1) is 6.92 Å². The molecule has 0 radical (unpaired) electrons. The van der Waals surface area contributed by atoms with E-state index in [0.29, 0.717) is 17.1 Å². The number of fused-ring (bicyclic) bond motifs is 1. The van der Waals surface area contributed by atoms with Crippen LogP contribution in [0.2, 0.25) is 0 Å². The lowest BCUT2D eigenvalue weighted by Gasteiger charge is -2.15. The highest BCUT2D eigenvalue weighted by molar-refractivity contribution is 5.88. The number of hydrogen-bond donors (Lipinski definition) is 2. The third kappa shape index (κ3) is 3.89. The molecule has 4 aromatic rings. The number of benzene rings is 1. The minimum absolute atomic E-state index is 0.00407. The van der Waals surface area contributed by atoms with Crippen molar-refractivity contribution in [2.75, 3.05) is 12.4 Å². The highest BCUT2D eigenvalue weighted by atomic mass is 19.4. The fourth-order valence-electron chi connectivity index (χ4n) is 3.13. The summed E-state index contributed by atoms with van der Waals surface area (Å²) in [5.41, 5.74) is 0.647. The maximum absolute atomic E-state index is 13.4. The smallest absolute Gasteiger partial charge is 0.417 e. The van der Waals surface area contributed by atoms with Crippen molar-refractivity contribution in [1.82, 2.24) is 18.9 Å². The van der Waals surface area contributed by atoms with Crippen molar-refractivity contribution < 1.29 is 27.8 Å². The Hall–Kier alpha value is -4.02. The van der Waals surface area contributed by atoms with Crippen LogP contribution in [0.25, 0.3) is 11.3 Å². The molecule has 1 aromatic carbocycles. The highest BCUT2D eigenvalue weighted by Gasteiger charge is 2.32. The highest BCUT2D eigenvalue weighted by Crippen LogP contribution is 2.35. The van der Waals surface area contributed by atoms with Crippen molar-refractivity contribution in [2.24, 2.45) is 0 Å². The largest absolute Gasteiger partial charge is 0.494 e. The van der Waals surface area contributed by atoms with Crippen molar-refractivity contribution in [3.05, 3.63) is 66.1 Å². The maximum Gasteiger partial charge on any atom is 0.417 e. The maximum atomic E-state index is 13.4. The van der Waals surface area contributed by atoms with Gasteiger partial charge in [-0.1, -0.05) is 0 Å². The Bertz CT molecular complexity index is 1290. The number of alkyl halides is 3. The predicted molar refractivity (Wildman–Crippen MR) is 105 cm³/mol. The number of aromatic nitrogens is 4. The molecule has 8 nitrogen and oxygen atoms in total. The standard InChI is InChI=1S/C20H16F3N5O3/c1-11-7-28(10-24-11)16-4-3-13(6-17(16)31-2)25-14-5-12(20(21,22)23)8-27-9-15(19(29)30)26-18(14)27/h3-10,25H,1-2H3,(H,29,30). The summed E-state index contributed by atoms with van der Waals surface area (Å²) in [5, 5.41) is 12.1. The minimum Gasteiger partial charge on any atom is -0.494 e. The Morgan fingerprint density at radius 1 is 1.19 bits per heavy atom. The van der Waals surface area contributed by atoms with Crippen LogP contribution in [0.1, 0.15) is 21.7 Å². The SMILES string of the molecule is COc1cc(Nc2cc(C(F)(F)F)cn3cc(C(=O)O)nc23)ccc1-n1cnc(C)c1. The molecule has 0 fully saturated rings. The van der Waals surface area contributed by atoms with Gasteiger partial charge in [0, 0.05) is 30.3 Å². The van der Waals surface area contributed by atoms with Crippen LogP contribution < -0.4 is 10.1 Å². The van der Waals surface area contributed by atoms with Crippen molar-refractivity contribution >= 4 is 23.0 Å². The number of carboxylic acids is 1. The van der Waals surface area contributed by atoms with E-state index in [-0.39, 0.29) is 17.0 Å². The number of imidazole rings is 2. The van der Waals surface area contributed by atoms with E-state index >= 15 is 0 Å². The molecule has 160 valence electrons. The number of aryl methyl sites for hydroxylation is 1. The average Bonchev–Trinajstić information content (AvgIpc) is 3.33. The summed E-state index contributed by atoms with van der Waals surface area (Å²) >= 11 is 0. The van der Waals surface area contributed by atoms with E-state index in [1.165, 1.54) is 7.11 Å². The number of anilines is 2. The van der Waals surface area contributed by atoms with Gasteiger partial charge in [-0.15, -0.1) is 0 Å². The van der Waals surface area contributed by atoms with E-state index in [1.807, 2.05) is 6.92 Å². The molecule has 0 saturated heterocycles. The van der Waals surface area contributed by atoms with Gasteiger partial charge in [0.1, 0.15) is 5.75 Å². The van der Waals surface area contributed by atoms with E-state index in [4.69, 9.17) is 9.84 Å². The lowest BCUT2D eigenvalue weighted by atomic mass is 10.2. The first-order chi connectivity index (χ1) is 14.7. The van der Waals surface area contributed by atoms with Gasteiger partial charge in [0.25, 0.3) is 0 Å². The fourth-order valence-corrected chi connectivity index (χ4v) is 3.13. The van der Waals surface area contributed by atoms with Gasteiger partial charge in [-0.3, -0.25) is 0 Å². The van der Waals surface area contributed by atoms with Gasteiger partial charge < -0.3 is 24.1 Å². The van der Waals surface area contributed by atoms with Crippen LogP contribution in [0.5, 0.6) is 5.75 Å². The number of carboxylic acid groups (broad SMARTS) is 1. The van der Waals surface area contributed by atoms with E-state index in [1.54, 1.807) is 35.3 Å². The molecule has 31 heavy (non-hydrogen) atoms. The molecule has 4 rings (SSSR count). The number of ether oxygens (including phenoxy) is 1. The summed E-state index contributed by atoms with van der Waals surface area (Å²) in [5.74, 6) is -0.884. The third-order valence-electron chi connectivity index (χ3n) is 4.55. The average molecular weight is 431 g/mol. The summed E-state index contributed by atoms with van der Waals surface area (Å²) in [6.07, 6.45) is 0.626. The predicted octanol–water partition coefficient (Wildman–Crippen LogP) is 4.30. The minimum atomic E-state index is -4.63. The van der Waals surface area contributed by atoms with Crippen LogP contribution in [0.15, 0.2) is 49.2 Å². The van der Waals surface area contributed by atoms with Gasteiger partial charge in [-0.25, -0.2) is 14.8 Å². The number of rotatable bonds is 5.